The molecule has 0 aliphatic rings. The van der Waals surface area contributed by atoms with Gasteiger partial charge in [0.15, 0.2) is 5.43 Å². The summed E-state index contributed by atoms with van der Waals surface area (Å²) in [5.74, 6) is 0.391. The minimum atomic E-state index is -0.0128. The van der Waals surface area contributed by atoms with Crippen LogP contribution >= 0.6 is 0 Å². The lowest BCUT2D eigenvalue weighted by atomic mass is 10.1. The number of hydrogen-bond acceptors (Lipinski definition) is 3. The Bertz CT molecular complexity index is 1020. The fraction of sp³-hybridized carbons (Fsp3) is 0.381. The van der Waals surface area contributed by atoms with Gasteiger partial charge in [0.05, 0.1) is 11.7 Å². The first kappa shape index (κ1) is 18.9. The lowest BCUT2D eigenvalue weighted by molar-refractivity contribution is -0.133. The second-order valence-electron chi connectivity index (χ2n) is 7.44. The number of pyridine rings is 1. The second kappa shape index (κ2) is 7.78. The van der Waals surface area contributed by atoms with Crippen LogP contribution in [0.25, 0.3) is 10.9 Å². The standard InChI is InChI=1S/C21H26N4O2/c1-15(2)11-24(13-17-10-22-23(4)12-17)21(27)14-25-16(3)9-20(26)18-7-5-6-8-19(18)25/h5-10,12,15H,11,13-14H2,1-4H3. The van der Waals surface area contributed by atoms with Crippen LogP contribution in [0.4, 0.5) is 0 Å². The van der Waals surface area contributed by atoms with Crippen molar-refractivity contribution in [2.75, 3.05) is 6.54 Å². The summed E-state index contributed by atoms with van der Waals surface area (Å²) in [4.78, 5) is 27.3. The van der Waals surface area contributed by atoms with E-state index in [0.29, 0.717) is 24.4 Å². The van der Waals surface area contributed by atoms with Gasteiger partial charge in [0, 0.05) is 49.0 Å². The van der Waals surface area contributed by atoms with Gasteiger partial charge >= 0.3 is 0 Å². The lowest BCUT2D eigenvalue weighted by Crippen LogP contribution is -2.36. The summed E-state index contributed by atoms with van der Waals surface area (Å²) in [5.41, 5.74) is 2.58. The minimum Gasteiger partial charge on any atom is -0.336 e. The van der Waals surface area contributed by atoms with E-state index in [4.69, 9.17) is 0 Å². The molecule has 1 amide bonds. The molecule has 3 aromatic rings. The number of para-hydroxylation sites is 1. The molecule has 0 bridgehead atoms. The minimum absolute atomic E-state index is 0.0128. The molecule has 0 unspecified atom stereocenters. The van der Waals surface area contributed by atoms with E-state index in [1.165, 1.54) is 0 Å². The van der Waals surface area contributed by atoms with E-state index < -0.39 is 0 Å². The molecule has 0 fully saturated rings. The maximum atomic E-state index is 13.1. The Morgan fingerprint density at radius 2 is 2.00 bits per heavy atom. The van der Waals surface area contributed by atoms with Gasteiger partial charge in [-0.25, -0.2) is 0 Å². The molecule has 6 nitrogen and oxygen atoms in total. The van der Waals surface area contributed by atoms with Crippen molar-refractivity contribution in [1.29, 1.82) is 0 Å². The summed E-state index contributed by atoms with van der Waals surface area (Å²) in [6, 6.07) is 9.04. The van der Waals surface area contributed by atoms with Gasteiger partial charge in [0.1, 0.15) is 6.54 Å². The Kier molecular flexibility index (Phi) is 5.44. The first-order chi connectivity index (χ1) is 12.8. The zero-order valence-corrected chi connectivity index (χ0v) is 16.3. The number of amides is 1. The Balaban J connectivity index is 1.91. The van der Waals surface area contributed by atoms with E-state index in [9.17, 15) is 9.59 Å². The van der Waals surface area contributed by atoms with Crippen LogP contribution in [0.1, 0.15) is 25.1 Å². The van der Waals surface area contributed by atoms with Gasteiger partial charge in [-0.05, 0) is 25.0 Å². The Hall–Kier alpha value is -2.89. The number of hydrogen-bond donors (Lipinski definition) is 0. The number of carbonyl (C=O) groups excluding carboxylic acids is 1. The van der Waals surface area contributed by atoms with Crippen molar-refractivity contribution < 1.29 is 4.79 Å². The molecule has 0 radical (unpaired) electrons. The highest BCUT2D eigenvalue weighted by Crippen LogP contribution is 2.14. The molecule has 2 aromatic heterocycles. The Labute approximate surface area is 159 Å². The van der Waals surface area contributed by atoms with Crippen LogP contribution in [0.15, 0.2) is 47.5 Å². The van der Waals surface area contributed by atoms with Crippen LogP contribution in [0.3, 0.4) is 0 Å². The molecular weight excluding hydrogens is 340 g/mol. The fourth-order valence-corrected chi connectivity index (χ4v) is 3.37. The molecule has 142 valence electrons. The number of aryl methyl sites for hydroxylation is 2. The molecule has 1 aromatic carbocycles. The largest absolute Gasteiger partial charge is 0.336 e. The van der Waals surface area contributed by atoms with Crippen molar-refractivity contribution in [2.45, 2.75) is 33.9 Å². The Morgan fingerprint density at radius 1 is 1.26 bits per heavy atom. The molecule has 0 saturated carbocycles. The number of aromatic nitrogens is 3. The van der Waals surface area contributed by atoms with E-state index in [-0.39, 0.29) is 17.9 Å². The molecule has 0 aliphatic carbocycles. The zero-order chi connectivity index (χ0) is 19.6. The number of rotatable bonds is 6. The summed E-state index contributed by atoms with van der Waals surface area (Å²) in [5, 5.41) is 4.83. The number of benzene rings is 1. The van der Waals surface area contributed by atoms with Crippen molar-refractivity contribution in [2.24, 2.45) is 13.0 Å². The van der Waals surface area contributed by atoms with Gasteiger partial charge in [0.25, 0.3) is 0 Å². The van der Waals surface area contributed by atoms with Crippen LogP contribution in [0, 0.1) is 12.8 Å². The molecular formula is C21H26N4O2. The van der Waals surface area contributed by atoms with Crippen molar-refractivity contribution >= 4 is 16.8 Å². The lowest BCUT2D eigenvalue weighted by Gasteiger charge is -2.25. The third kappa shape index (κ3) is 4.27. The van der Waals surface area contributed by atoms with Gasteiger partial charge in [-0.1, -0.05) is 26.0 Å². The van der Waals surface area contributed by atoms with Crippen molar-refractivity contribution in [3.63, 3.8) is 0 Å². The molecule has 0 saturated heterocycles. The van der Waals surface area contributed by atoms with Gasteiger partial charge in [-0.2, -0.15) is 5.10 Å². The third-order valence-electron chi connectivity index (χ3n) is 4.59. The molecule has 0 N–H and O–H groups in total. The van der Waals surface area contributed by atoms with E-state index in [1.54, 1.807) is 23.0 Å². The van der Waals surface area contributed by atoms with E-state index in [0.717, 1.165) is 16.8 Å². The van der Waals surface area contributed by atoms with Crippen molar-refractivity contribution in [3.8, 4) is 0 Å². The van der Waals surface area contributed by atoms with Gasteiger partial charge in [0.2, 0.25) is 5.91 Å². The summed E-state index contributed by atoms with van der Waals surface area (Å²) >= 11 is 0. The highest BCUT2D eigenvalue weighted by molar-refractivity contribution is 5.82. The highest BCUT2D eigenvalue weighted by atomic mass is 16.2. The smallest absolute Gasteiger partial charge is 0.242 e. The van der Waals surface area contributed by atoms with Crippen LogP contribution in [-0.4, -0.2) is 31.7 Å². The van der Waals surface area contributed by atoms with Crippen molar-refractivity contribution in [1.82, 2.24) is 19.2 Å². The average Bonchev–Trinajstić information content (AvgIpc) is 3.02. The van der Waals surface area contributed by atoms with Crippen molar-refractivity contribution in [3.05, 3.63) is 64.2 Å². The van der Waals surface area contributed by atoms with Gasteiger partial charge in [-0.3, -0.25) is 14.3 Å². The molecule has 27 heavy (non-hydrogen) atoms. The SMILES string of the molecule is Cc1cc(=O)c2ccccc2n1CC(=O)N(Cc1cnn(C)c1)CC(C)C. The average molecular weight is 366 g/mol. The van der Waals surface area contributed by atoms with Crippen LogP contribution in [-0.2, 0) is 24.9 Å². The quantitative estimate of drug-likeness (QED) is 0.674. The predicted octanol–water partition coefficient (Wildman–Crippen LogP) is 2.73. The monoisotopic (exact) mass is 366 g/mol. The zero-order valence-electron chi connectivity index (χ0n) is 16.3. The summed E-state index contributed by atoms with van der Waals surface area (Å²) < 4.78 is 3.67. The molecule has 3 rings (SSSR count). The molecule has 0 spiro atoms. The molecule has 0 atom stereocenters. The first-order valence-electron chi connectivity index (χ1n) is 9.19. The number of fused-ring (bicyclic) bond motifs is 1. The van der Waals surface area contributed by atoms with E-state index >= 15 is 0 Å². The summed E-state index contributed by atoms with van der Waals surface area (Å²) in [7, 11) is 1.87. The fourth-order valence-electron chi connectivity index (χ4n) is 3.37. The summed E-state index contributed by atoms with van der Waals surface area (Å²) in [6.07, 6.45) is 3.72. The third-order valence-corrected chi connectivity index (χ3v) is 4.59. The number of carbonyl (C=O) groups is 1. The molecule has 2 heterocycles. The first-order valence-corrected chi connectivity index (χ1v) is 9.19. The highest BCUT2D eigenvalue weighted by Gasteiger charge is 2.18. The van der Waals surface area contributed by atoms with Crippen LogP contribution in [0.5, 0.6) is 0 Å². The maximum absolute atomic E-state index is 13.1. The summed E-state index contributed by atoms with van der Waals surface area (Å²) in [6.45, 7) is 7.48. The normalized spacial score (nSPS) is 11.3. The maximum Gasteiger partial charge on any atom is 0.242 e. The Morgan fingerprint density at radius 3 is 2.67 bits per heavy atom. The second-order valence-corrected chi connectivity index (χ2v) is 7.44. The molecule has 0 aliphatic heterocycles. The van der Waals surface area contributed by atoms with E-state index in [2.05, 4.69) is 18.9 Å². The topological polar surface area (TPSA) is 60.1 Å². The number of nitrogens with zero attached hydrogens (tertiary/aromatic N) is 4. The van der Waals surface area contributed by atoms with Gasteiger partial charge in [-0.15, -0.1) is 0 Å². The van der Waals surface area contributed by atoms with E-state index in [1.807, 2.05) is 47.8 Å². The van der Waals surface area contributed by atoms with Crippen LogP contribution in [0.2, 0.25) is 0 Å². The van der Waals surface area contributed by atoms with Gasteiger partial charge < -0.3 is 9.47 Å². The predicted molar refractivity (Wildman–Crippen MR) is 106 cm³/mol. The van der Waals surface area contributed by atoms with Crippen LogP contribution < -0.4 is 5.43 Å². The molecule has 6 heteroatoms.